The summed E-state index contributed by atoms with van der Waals surface area (Å²) in [5, 5.41) is 10.2. The highest BCUT2D eigenvalue weighted by Gasteiger charge is 2.21. The lowest BCUT2D eigenvalue weighted by Crippen LogP contribution is -2.23. The molecule has 30 heavy (non-hydrogen) atoms. The Morgan fingerprint density at radius 1 is 1.13 bits per heavy atom. The van der Waals surface area contributed by atoms with Crippen molar-refractivity contribution in [3.8, 4) is 5.75 Å². The van der Waals surface area contributed by atoms with E-state index in [1.54, 1.807) is 48.5 Å². The number of nitrogens with zero attached hydrogens (tertiary/aromatic N) is 2. The second kappa shape index (κ2) is 9.52. The van der Waals surface area contributed by atoms with E-state index in [-0.39, 0.29) is 32.7 Å². The summed E-state index contributed by atoms with van der Waals surface area (Å²) in [6.45, 7) is 3.93. The van der Waals surface area contributed by atoms with Crippen LogP contribution in [0.25, 0.3) is 0 Å². The van der Waals surface area contributed by atoms with E-state index >= 15 is 0 Å². The number of carbonyl (C=O) groups is 1. The number of carbonyl (C=O) groups excluding carboxylic acids is 1. The molecule has 0 bridgehead atoms. The highest BCUT2D eigenvalue weighted by Crippen LogP contribution is 2.22. The fourth-order valence-electron chi connectivity index (χ4n) is 2.38. The van der Waals surface area contributed by atoms with Gasteiger partial charge in [0.2, 0.25) is 9.47 Å². The Kier molecular flexibility index (Phi) is 7.03. The first kappa shape index (κ1) is 22.2. The van der Waals surface area contributed by atoms with Crippen LogP contribution >= 0.6 is 22.9 Å². The molecule has 1 amide bonds. The minimum absolute atomic E-state index is 0.0514. The van der Waals surface area contributed by atoms with Crippen LogP contribution in [0.2, 0.25) is 5.02 Å². The molecule has 0 saturated heterocycles. The Hall–Kier alpha value is -2.53. The molecule has 11 heteroatoms. The number of benzene rings is 2. The van der Waals surface area contributed by atoms with E-state index < -0.39 is 15.9 Å². The zero-order valence-electron chi connectivity index (χ0n) is 16.1. The van der Waals surface area contributed by atoms with Gasteiger partial charge in [0.1, 0.15) is 5.75 Å². The SMILES string of the molecule is CC(C)Oc1ccc(CNS(=O)(=O)c2nnc(NC(=O)c3ccccc3Cl)s2)cc1. The molecule has 3 rings (SSSR count). The van der Waals surface area contributed by atoms with E-state index in [0.717, 1.165) is 16.9 Å². The van der Waals surface area contributed by atoms with Gasteiger partial charge in [-0.2, -0.15) is 0 Å². The largest absolute Gasteiger partial charge is 0.491 e. The summed E-state index contributed by atoms with van der Waals surface area (Å²) in [7, 11) is -3.89. The smallest absolute Gasteiger partial charge is 0.270 e. The highest BCUT2D eigenvalue weighted by atomic mass is 35.5. The molecular formula is C19H19ClN4O4S2. The maximum absolute atomic E-state index is 12.5. The molecule has 0 aliphatic heterocycles. The molecule has 0 fully saturated rings. The number of anilines is 1. The fourth-order valence-corrected chi connectivity index (χ4v) is 4.55. The fraction of sp³-hybridized carbons (Fsp3) is 0.211. The molecule has 0 atom stereocenters. The van der Waals surface area contributed by atoms with Crippen molar-refractivity contribution in [1.29, 1.82) is 0 Å². The van der Waals surface area contributed by atoms with Crippen LogP contribution in [0.3, 0.4) is 0 Å². The average Bonchev–Trinajstić information content (AvgIpc) is 3.17. The third-order valence-electron chi connectivity index (χ3n) is 3.74. The second-order valence-corrected chi connectivity index (χ2v) is 9.77. The number of hydrogen-bond acceptors (Lipinski definition) is 7. The van der Waals surface area contributed by atoms with Crippen molar-refractivity contribution in [2.45, 2.75) is 30.8 Å². The standard InChI is InChI=1S/C19H19ClN4O4S2/c1-12(2)28-14-9-7-13(8-10-14)11-21-30(26,27)19-24-23-18(29-19)22-17(25)15-5-3-4-6-16(15)20/h3-10,12,21H,11H2,1-2H3,(H,22,23,25). The number of amides is 1. The van der Waals surface area contributed by atoms with Crippen molar-refractivity contribution < 1.29 is 17.9 Å². The molecule has 2 N–H and O–H groups in total. The summed E-state index contributed by atoms with van der Waals surface area (Å²) in [5.41, 5.74) is 1.01. The molecule has 2 aromatic carbocycles. The van der Waals surface area contributed by atoms with E-state index in [4.69, 9.17) is 16.3 Å². The lowest BCUT2D eigenvalue weighted by atomic mass is 10.2. The van der Waals surface area contributed by atoms with Crippen molar-refractivity contribution in [1.82, 2.24) is 14.9 Å². The highest BCUT2D eigenvalue weighted by molar-refractivity contribution is 7.91. The van der Waals surface area contributed by atoms with Crippen LogP contribution in [-0.4, -0.2) is 30.6 Å². The molecule has 8 nitrogen and oxygen atoms in total. The lowest BCUT2D eigenvalue weighted by Gasteiger charge is -2.10. The van der Waals surface area contributed by atoms with Crippen molar-refractivity contribution in [3.05, 3.63) is 64.7 Å². The van der Waals surface area contributed by atoms with E-state index in [1.165, 1.54) is 0 Å². The van der Waals surface area contributed by atoms with Crippen LogP contribution in [0, 0.1) is 0 Å². The van der Waals surface area contributed by atoms with Crippen LogP contribution in [0.5, 0.6) is 5.75 Å². The van der Waals surface area contributed by atoms with Gasteiger partial charge in [0, 0.05) is 6.54 Å². The first-order valence-corrected chi connectivity index (χ1v) is 11.6. The molecule has 0 aliphatic rings. The average molecular weight is 467 g/mol. The predicted octanol–water partition coefficient (Wildman–Crippen LogP) is 3.71. The normalized spacial score (nSPS) is 11.5. The molecule has 1 heterocycles. The molecule has 3 aromatic rings. The van der Waals surface area contributed by atoms with Crippen LogP contribution in [-0.2, 0) is 16.6 Å². The Balaban J connectivity index is 1.62. The summed E-state index contributed by atoms with van der Waals surface area (Å²) in [6, 6.07) is 13.6. The molecule has 0 radical (unpaired) electrons. The van der Waals surface area contributed by atoms with Crippen molar-refractivity contribution in [2.24, 2.45) is 0 Å². The number of sulfonamides is 1. The minimum Gasteiger partial charge on any atom is -0.491 e. The molecule has 0 aliphatic carbocycles. The maximum Gasteiger partial charge on any atom is 0.270 e. The zero-order valence-corrected chi connectivity index (χ0v) is 18.5. The van der Waals surface area contributed by atoms with Crippen LogP contribution < -0.4 is 14.8 Å². The number of hydrogen-bond donors (Lipinski definition) is 2. The van der Waals surface area contributed by atoms with Crippen molar-refractivity contribution >= 4 is 44.0 Å². The first-order valence-electron chi connectivity index (χ1n) is 8.89. The Morgan fingerprint density at radius 2 is 1.83 bits per heavy atom. The lowest BCUT2D eigenvalue weighted by molar-refractivity contribution is 0.102. The second-order valence-electron chi connectivity index (χ2n) is 6.44. The number of nitrogens with one attached hydrogen (secondary N) is 2. The summed E-state index contributed by atoms with van der Waals surface area (Å²) in [5.74, 6) is 0.206. The maximum atomic E-state index is 12.5. The van der Waals surface area contributed by atoms with Gasteiger partial charge < -0.3 is 4.74 Å². The van der Waals surface area contributed by atoms with Gasteiger partial charge in [-0.15, -0.1) is 10.2 Å². The third-order valence-corrected chi connectivity index (χ3v) is 6.67. The van der Waals surface area contributed by atoms with Gasteiger partial charge in [-0.05, 0) is 43.7 Å². The molecule has 0 spiro atoms. The zero-order chi connectivity index (χ0) is 21.7. The monoisotopic (exact) mass is 466 g/mol. The number of rotatable bonds is 8. The summed E-state index contributed by atoms with van der Waals surface area (Å²) < 4.78 is 32.7. The van der Waals surface area contributed by atoms with Gasteiger partial charge in [-0.25, -0.2) is 13.1 Å². The van der Waals surface area contributed by atoms with Crippen LogP contribution in [0.1, 0.15) is 29.8 Å². The van der Waals surface area contributed by atoms with Gasteiger partial charge >= 0.3 is 0 Å². The van der Waals surface area contributed by atoms with Crippen molar-refractivity contribution in [3.63, 3.8) is 0 Å². The Labute approximate surface area is 183 Å². The Bertz CT molecular complexity index is 1130. The number of halogens is 1. The first-order chi connectivity index (χ1) is 14.2. The van der Waals surface area contributed by atoms with Crippen LogP contribution in [0.4, 0.5) is 5.13 Å². The van der Waals surface area contributed by atoms with Gasteiger partial charge in [0.05, 0.1) is 16.7 Å². The van der Waals surface area contributed by atoms with Gasteiger partial charge in [0.15, 0.2) is 0 Å². The van der Waals surface area contributed by atoms with Gasteiger partial charge in [-0.3, -0.25) is 10.1 Å². The van der Waals surface area contributed by atoms with E-state index in [2.05, 4.69) is 20.2 Å². The van der Waals surface area contributed by atoms with Gasteiger partial charge in [0.25, 0.3) is 15.9 Å². The molecular weight excluding hydrogens is 448 g/mol. The predicted molar refractivity (Wildman–Crippen MR) is 116 cm³/mol. The van der Waals surface area contributed by atoms with Crippen molar-refractivity contribution in [2.75, 3.05) is 5.32 Å². The van der Waals surface area contributed by atoms with E-state index in [9.17, 15) is 13.2 Å². The minimum atomic E-state index is -3.89. The van der Waals surface area contributed by atoms with E-state index in [1.807, 2.05) is 13.8 Å². The number of aromatic nitrogens is 2. The van der Waals surface area contributed by atoms with Gasteiger partial charge in [-0.1, -0.05) is 47.2 Å². The molecule has 158 valence electrons. The summed E-state index contributed by atoms with van der Waals surface area (Å²) >= 11 is 6.74. The van der Waals surface area contributed by atoms with Crippen LogP contribution in [0.15, 0.2) is 52.9 Å². The third kappa shape index (κ3) is 5.76. The quantitative estimate of drug-likeness (QED) is 0.489. The summed E-state index contributed by atoms with van der Waals surface area (Å²) in [6.07, 6.45) is 0.0550. The molecule has 0 saturated carbocycles. The topological polar surface area (TPSA) is 110 Å². The Morgan fingerprint density at radius 3 is 2.50 bits per heavy atom. The molecule has 1 aromatic heterocycles. The van der Waals surface area contributed by atoms with E-state index in [0.29, 0.717) is 5.75 Å². The molecule has 0 unspecified atom stereocenters. The number of ether oxygens (including phenoxy) is 1. The summed E-state index contributed by atoms with van der Waals surface area (Å²) in [4.78, 5) is 12.3.